The normalized spacial score (nSPS) is 10.9. The Morgan fingerprint density at radius 1 is 1.25 bits per heavy atom. The lowest BCUT2D eigenvalue weighted by molar-refractivity contribution is -0.118. The van der Waals surface area contributed by atoms with Crippen LogP contribution in [0.3, 0.4) is 0 Å². The molecule has 0 saturated carbocycles. The standard InChI is InChI=1S/C20H28N4O4/c1-5-8-24-18(21)17(19(26)22-20(24)27)23(9-10-28-4)16(25)12-15-7-6-13(2)14(3)11-15/h6-7,11H,5,8-10,12,21H2,1-4H3,(H,22,26,27). The number of nitrogen functional groups attached to an aromatic ring is 1. The van der Waals surface area contributed by atoms with Gasteiger partial charge in [-0.15, -0.1) is 0 Å². The quantitative estimate of drug-likeness (QED) is 0.710. The molecule has 1 heterocycles. The molecule has 0 aliphatic rings. The van der Waals surface area contributed by atoms with Gasteiger partial charge in [-0.05, 0) is 37.0 Å². The average Bonchev–Trinajstić information content (AvgIpc) is 2.64. The molecule has 3 N–H and O–H groups in total. The van der Waals surface area contributed by atoms with Crippen molar-refractivity contribution in [3.8, 4) is 0 Å². The molecule has 0 bridgehead atoms. The number of aryl methyl sites for hydroxylation is 2. The molecule has 0 atom stereocenters. The first kappa shape index (κ1) is 21.4. The SMILES string of the molecule is CCCn1c(N)c(N(CCOC)C(=O)Cc2ccc(C)c(C)c2)c(=O)[nH]c1=O. The van der Waals surface area contributed by atoms with Crippen molar-refractivity contribution in [2.75, 3.05) is 30.9 Å². The predicted octanol–water partition coefficient (Wildman–Crippen LogP) is 1.37. The van der Waals surface area contributed by atoms with Gasteiger partial charge in [0.2, 0.25) is 5.91 Å². The third-order valence-corrected chi connectivity index (χ3v) is 4.68. The first-order chi connectivity index (χ1) is 13.3. The number of nitrogens with one attached hydrogen (secondary N) is 1. The molecule has 0 aliphatic heterocycles. The van der Waals surface area contributed by atoms with Crippen LogP contribution in [0.1, 0.15) is 30.0 Å². The number of aromatic amines is 1. The number of carbonyl (C=O) groups excluding carboxylic acids is 1. The lowest BCUT2D eigenvalue weighted by atomic mass is 10.0. The summed E-state index contributed by atoms with van der Waals surface area (Å²) in [7, 11) is 1.51. The zero-order chi connectivity index (χ0) is 20.8. The van der Waals surface area contributed by atoms with Crippen LogP contribution in [0.5, 0.6) is 0 Å². The van der Waals surface area contributed by atoms with E-state index in [-0.39, 0.29) is 37.0 Å². The van der Waals surface area contributed by atoms with Crippen LogP contribution in [-0.4, -0.2) is 35.7 Å². The number of hydrogen-bond acceptors (Lipinski definition) is 5. The Hall–Kier alpha value is -2.87. The Bertz CT molecular complexity index is 962. The zero-order valence-electron chi connectivity index (χ0n) is 16.9. The molecule has 0 unspecified atom stereocenters. The number of anilines is 2. The van der Waals surface area contributed by atoms with Crippen LogP contribution in [0.25, 0.3) is 0 Å². The fourth-order valence-corrected chi connectivity index (χ4v) is 3.01. The van der Waals surface area contributed by atoms with Crippen LogP contribution in [0.4, 0.5) is 11.5 Å². The van der Waals surface area contributed by atoms with E-state index in [4.69, 9.17) is 10.5 Å². The lowest BCUT2D eigenvalue weighted by Crippen LogP contribution is -2.43. The van der Waals surface area contributed by atoms with E-state index in [2.05, 4.69) is 4.98 Å². The van der Waals surface area contributed by atoms with Crippen molar-refractivity contribution in [3.05, 3.63) is 55.7 Å². The predicted molar refractivity (Wildman–Crippen MR) is 110 cm³/mol. The minimum atomic E-state index is -0.681. The highest BCUT2D eigenvalue weighted by molar-refractivity contribution is 5.96. The largest absolute Gasteiger partial charge is 0.383 e. The van der Waals surface area contributed by atoms with E-state index in [0.717, 1.165) is 16.7 Å². The Labute approximate surface area is 163 Å². The van der Waals surface area contributed by atoms with Crippen LogP contribution in [0.15, 0.2) is 27.8 Å². The van der Waals surface area contributed by atoms with Crippen LogP contribution in [0.2, 0.25) is 0 Å². The molecule has 0 aliphatic carbocycles. The monoisotopic (exact) mass is 388 g/mol. The molecule has 8 nitrogen and oxygen atoms in total. The first-order valence-electron chi connectivity index (χ1n) is 9.28. The highest BCUT2D eigenvalue weighted by Crippen LogP contribution is 2.19. The summed E-state index contributed by atoms with van der Waals surface area (Å²) in [5.74, 6) is -0.306. The second kappa shape index (κ2) is 9.36. The van der Waals surface area contributed by atoms with Gasteiger partial charge in [-0.3, -0.25) is 19.1 Å². The number of aromatic nitrogens is 2. The van der Waals surface area contributed by atoms with Crippen LogP contribution in [0, 0.1) is 13.8 Å². The molecule has 0 saturated heterocycles. The van der Waals surface area contributed by atoms with E-state index in [0.29, 0.717) is 13.0 Å². The molecule has 1 amide bonds. The van der Waals surface area contributed by atoms with Gasteiger partial charge in [-0.1, -0.05) is 25.1 Å². The third kappa shape index (κ3) is 4.69. The Balaban J connectivity index is 2.47. The number of nitrogens with two attached hydrogens (primary N) is 1. The summed E-state index contributed by atoms with van der Waals surface area (Å²) < 4.78 is 6.37. The Kier molecular flexibility index (Phi) is 7.17. The molecule has 0 radical (unpaired) electrons. The third-order valence-electron chi connectivity index (χ3n) is 4.68. The van der Waals surface area contributed by atoms with Gasteiger partial charge in [0, 0.05) is 20.2 Å². The number of carbonyl (C=O) groups is 1. The number of methoxy groups -OCH3 is 1. The van der Waals surface area contributed by atoms with E-state index in [9.17, 15) is 14.4 Å². The van der Waals surface area contributed by atoms with Gasteiger partial charge in [0.15, 0.2) is 5.69 Å². The van der Waals surface area contributed by atoms with Crippen LogP contribution < -0.4 is 21.9 Å². The van der Waals surface area contributed by atoms with Gasteiger partial charge in [0.05, 0.1) is 13.0 Å². The summed E-state index contributed by atoms with van der Waals surface area (Å²) in [5, 5.41) is 0. The zero-order valence-corrected chi connectivity index (χ0v) is 16.9. The summed E-state index contributed by atoms with van der Waals surface area (Å²) in [6, 6.07) is 5.80. The summed E-state index contributed by atoms with van der Waals surface area (Å²) in [4.78, 5) is 41.2. The van der Waals surface area contributed by atoms with Gasteiger partial charge < -0.3 is 15.4 Å². The summed E-state index contributed by atoms with van der Waals surface area (Å²) in [5.41, 5.74) is 7.91. The minimum absolute atomic E-state index is 0.0138. The highest BCUT2D eigenvalue weighted by Gasteiger charge is 2.24. The summed E-state index contributed by atoms with van der Waals surface area (Å²) in [6.45, 7) is 6.60. The molecule has 2 aromatic rings. The van der Waals surface area contributed by atoms with Crippen LogP contribution >= 0.6 is 0 Å². The topological polar surface area (TPSA) is 110 Å². The smallest absolute Gasteiger partial charge is 0.330 e. The maximum Gasteiger partial charge on any atom is 0.330 e. The first-order valence-corrected chi connectivity index (χ1v) is 9.28. The van der Waals surface area contributed by atoms with Gasteiger partial charge in [0.25, 0.3) is 5.56 Å². The van der Waals surface area contributed by atoms with Gasteiger partial charge >= 0.3 is 5.69 Å². The van der Waals surface area contributed by atoms with Crippen molar-refractivity contribution in [1.29, 1.82) is 0 Å². The molecule has 8 heteroatoms. The van der Waals surface area contributed by atoms with Crippen molar-refractivity contribution < 1.29 is 9.53 Å². The van der Waals surface area contributed by atoms with E-state index in [1.807, 2.05) is 39.0 Å². The lowest BCUT2D eigenvalue weighted by Gasteiger charge is -2.24. The molecule has 1 aromatic heterocycles. The van der Waals surface area contributed by atoms with E-state index in [1.54, 1.807) is 0 Å². The maximum atomic E-state index is 13.0. The molecule has 152 valence electrons. The van der Waals surface area contributed by atoms with Gasteiger partial charge in [-0.25, -0.2) is 4.79 Å². The van der Waals surface area contributed by atoms with Crippen LogP contribution in [-0.2, 0) is 22.5 Å². The number of amides is 1. The van der Waals surface area contributed by atoms with Crippen molar-refractivity contribution >= 4 is 17.4 Å². The fraction of sp³-hybridized carbons (Fsp3) is 0.450. The van der Waals surface area contributed by atoms with Crippen molar-refractivity contribution in [2.24, 2.45) is 0 Å². The second-order valence-electron chi connectivity index (χ2n) is 6.78. The molecule has 1 aromatic carbocycles. The highest BCUT2D eigenvalue weighted by atomic mass is 16.5. The van der Waals surface area contributed by atoms with Gasteiger partial charge in [0.1, 0.15) is 5.82 Å². The Morgan fingerprint density at radius 3 is 2.57 bits per heavy atom. The molecular formula is C20H28N4O4. The second-order valence-corrected chi connectivity index (χ2v) is 6.78. The maximum absolute atomic E-state index is 13.0. The summed E-state index contributed by atoms with van der Waals surface area (Å²) in [6.07, 6.45) is 0.765. The number of H-pyrrole nitrogens is 1. The molecule has 28 heavy (non-hydrogen) atoms. The van der Waals surface area contributed by atoms with Gasteiger partial charge in [-0.2, -0.15) is 0 Å². The summed E-state index contributed by atoms with van der Waals surface area (Å²) >= 11 is 0. The minimum Gasteiger partial charge on any atom is -0.383 e. The number of benzene rings is 1. The number of rotatable bonds is 8. The van der Waals surface area contributed by atoms with E-state index >= 15 is 0 Å². The number of nitrogens with zero attached hydrogens (tertiary/aromatic N) is 2. The number of hydrogen-bond donors (Lipinski definition) is 2. The molecule has 2 rings (SSSR count). The Morgan fingerprint density at radius 2 is 1.96 bits per heavy atom. The van der Waals surface area contributed by atoms with E-state index < -0.39 is 11.2 Å². The van der Waals surface area contributed by atoms with E-state index in [1.165, 1.54) is 16.6 Å². The number of ether oxygens (including phenoxy) is 1. The van der Waals surface area contributed by atoms with Crippen molar-refractivity contribution in [1.82, 2.24) is 9.55 Å². The van der Waals surface area contributed by atoms with Crippen molar-refractivity contribution in [2.45, 2.75) is 40.2 Å². The van der Waals surface area contributed by atoms with Crippen molar-refractivity contribution in [3.63, 3.8) is 0 Å². The molecule has 0 fully saturated rings. The molecule has 0 spiro atoms. The average molecular weight is 388 g/mol. The fourth-order valence-electron chi connectivity index (χ4n) is 3.01. The molecular weight excluding hydrogens is 360 g/mol.